The third kappa shape index (κ3) is 5.46. The SMILES string of the molecule is C[C@H](NCC(=O)COc1cccnc1)C(=O)S. The van der Waals surface area contributed by atoms with E-state index in [1.807, 2.05) is 0 Å². The van der Waals surface area contributed by atoms with Crippen LogP contribution in [0, 0.1) is 0 Å². The number of Topliss-reactive ketones (excluding diaryl/α,β-unsaturated/α-hetero) is 1. The van der Waals surface area contributed by atoms with Crippen LogP contribution in [0.4, 0.5) is 0 Å². The molecule has 92 valence electrons. The lowest BCUT2D eigenvalue weighted by Crippen LogP contribution is -2.36. The van der Waals surface area contributed by atoms with Crippen molar-refractivity contribution in [3.05, 3.63) is 24.5 Å². The van der Waals surface area contributed by atoms with E-state index in [0.717, 1.165) is 0 Å². The van der Waals surface area contributed by atoms with E-state index in [0.29, 0.717) is 5.75 Å². The molecule has 0 amide bonds. The van der Waals surface area contributed by atoms with Gasteiger partial charge in [-0.3, -0.25) is 19.9 Å². The van der Waals surface area contributed by atoms with Gasteiger partial charge >= 0.3 is 0 Å². The first kappa shape index (κ1) is 13.7. The highest BCUT2D eigenvalue weighted by Gasteiger charge is 2.10. The van der Waals surface area contributed by atoms with Crippen molar-refractivity contribution in [1.29, 1.82) is 0 Å². The second kappa shape index (κ2) is 7.03. The number of ketones is 1. The van der Waals surface area contributed by atoms with Crippen LogP contribution in [0.25, 0.3) is 0 Å². The number of carbonyl (C=O) groups is 2. The van der Waals surface area contributed by atoms with Gasteiger partial charge in [0.1, 0.15) is 12.4 Å². The largest absolute Gasteiger partial charge is 0.484 e. The maximum absolute atomic E-state index is 11.4. The smallest absolute Gasteiger partial charge is 0.202 e. The fourth-order valence-corrected chi connectivity index (χ4v) is 1.09. The fraction of sp³-hybridized carbons (Fsp3) is 0.364. The molecule has 0 aliphatic carbocycles. The number of aromatic nitrogens is 1. The zero-order valence-corrected chi connectivity index (χ0v) is 10.3. The highest BCUT2D eigenvalue weighted by Crippen LogP contribution is 2.05. The molecule has 0 radical (unpaired) electrons. The van der Waals surface area contributed by atoms with Gasteiger partial charge in [-0.1, -0.05) is 0 Å². The quantitative estimate of drug-likeness (QED) is 0.692. The van der Waals surface area contributed by atoms with Crippen LogP contribution in [-0.2, 0) is 9.59 Å². The molecule has 0 saturated heterocycles. The average Bonchev–Trinajstić information content (AvgIpc) is 2.34. The molecule has 1 heterocycles. The Hall–Kier alpha value is -1.40. The van der Waals surface area contributed by atoms with E-state index in [2.05, 4.69) is 22.9 Å². The average molecular weight is 254 g/mol. The minimum absolute atomic E-state index is 0.0494. The summed E-state index contributed by atoms with van der Waals surface area (Å²) >= 11 is 3.65. The van der Waals surface area contributed by atoms with E-state index in [4.69, 9.17) is 4.74 Å². The topological polar surface area (TPSA) is 68.3 Å². The maximum atomic E-state index is 11.4. The number of rotatable bonds is 7. The predicted octanol–water partition coefficient (Wildman–Crippen LogP) is 0.464. The fourth-order valence-electron chi connectivity index (χ4n) is 1.00. The van der Waals surface area contributed by atoms with Crippen molar-refractivity contribution < 1.29 is 14.3 Å². The molecule has 6 heteroatoms. The van der Waals surface area contributed by atoms with Crippen molar-refractivity contribution in [3.8, 4) is 5.75 Å². The lowest BCUT2D eigenvalue weighted by molar-refractivity contribution is -0.120. The Balaban J connectivity index is 2.24. The molecule has 0 aliphatic rings. The molecule has 0 aliphatic heterocycles. The van der Waals surface area contributed by atoms with Crippen LogP contribution in [-0.4, -0.2) is 35.1 Å². The molecule has 0 saturated carbocycles. The first-order valence-corrected chi connectivity index (χ1v) is 5.55. The molecule has 0 spiro atoms. The molecular weight excluding hydrogens is 240 g/mol. The van der Waals surface area contributed by atoms with Crippen LogP contribution in [0.3, 0.4) is 0 Å². The lowest BCUT2D eigenvalue weighted by Gasteiger charge is -2.09. The number of pyridine rings is 1. The summed E-state index contributed by atoms with van der Waals surface area (Å²) in [5, 5.41) is 2.45. The molecule has 0 bridgehead atoms. The third-order valence-electron chi connectivity index (χ3n) is 2.01. The summed E-state index contributed by atoms with van der Waals surface area (Å²) in [4.78, 5) is 26.0. The Morgan fingerprint density at radius 1 is 1.59 bits per heavy atom. The van der Waals surface area contributed by atoms with Crippen LogP contribution >= 0.6 is 12.6 Å². The minimum atomic E-state index is -0.444. The van der Waals surface area contributed by atoms with Crippen molar-refractivity contribution in [1.82, 2.24) is 10.3 Å². The Morgan fingerprint density at radius 2 is 2.35 bits per heavy atom. The van der Waals surface area contributed by atoms with Crippen LogP contribution in [0.2, 0.25) is 0 Å². The molecule has 1 N–H and O–H groups in total. The lowest BCUT2D eigenvalue weighted by atomic mass is 10.3. The van der Waals surface area contributed by atoms with E-state index < -0.39 is 6.04 Å². The highest BCUT2D eigenvalue weighted by atomic mass is 32.1. The normalized spacial score (nSPS) is 11.9. The third-order valence-corrected chi connectivity index (χ3v) is 2.40. The van der Waals surface area contributed by atoms with Crippen molar-refractivity contribution in [3.63, 3.8) is 0 Å². The second-order valence-electron chi connectivity index (χ2n) is 3.46. The number of hydrogen-bond donors (Lipinski definition) is 2. The summed E-state index contributed by atoms with van der Waals surface area (Å²) in [6.45, 7) is 1.67. The molecule has 0 aromatic carbocycles. The summed E-state index contributed by atoms with van der Waals surface area (Å²) in [6, 6.07) is 2.99. The van der Waals surface area contributed by atoms with Crippen LogP contribution in [0.15, 0.2) is 24.5 Å². The van der Waals surface area contributed by atoms with Gasteiger partial charge in [0.2, 0.25) is 5.12 Å². The van der Waals surface area contributed by atoms with Gasteiger partial charge in [0.15, 0.2) is 5.78 Å². The monoisotopic (exact) mass is 254 g/mol. The van der Waals surface area contributed by atoms with Crippen molar-refractivity contribution >= 4 is 23.5 Å². The van der Waals surface area contributed by atoms with Crippen molar-refractivity contribution in [2.75, 3.05) is 13.2 Å². The highest BCUT2D eigenvalue weighted by molar-refractivity contribution is 7.96. The molecule has 1 aromatic rings. The zero-order chi connectivity index (χ0) is 12.7. The number of nitrogens with one attached hydrogen (secondary N) is 1. The molecule has 5 nitrogen and oxygen atoms in total. The van der Waals surface area contributed by atoms with Crippen LogP contribution < -0.4 is 10.1 Å². The van der Waals surface area contributed by atoms with Gasteiger partial charge < -0.3 is 4.74 Å². The van der Waals surface area contributed by atoms with Gasteiger partial charge in [0.05, 0.1) is 18.8 Å². The van der Waals surface area contributed by atoms with Crippen LogP contribution in [0.5, 0.6) is 5.75 Å². The van der Waals surface area contributed by atoms with Crippen molar-refractivity contribution in [2.45, 2.75) is 13.0 Å². The summed E-state index contributed by atoms with van der Waals surface area (Å²) in [6.07, 6.45) is 3.15. The summed E-state index contributed by atoms with van der Waals surface area (Å²) in [5.41, 5.74) is 0. The Kier molecular flexibility index (Phi) is 5.65. The van der Waals surface area contributed by atoms with Crippen molar-refractivity contribution in [2.24, 2.45) is 0 Å². The molecule has 1 atom stereocenters. The van der Waals surface area contributed by atoms with Crippen LogP contribution in [0.1, 0.15) is 6.92 Å². The number of ether oxygens (including phenoxy) is 1. The van der Waals surface area contributed by atoms with E-state index in [1.54, 1.807) is 25.3 Å². The summed E-state index contributed by atoms with van der Waals surface area (Å²) in [7, 11) is 0. The number of carbonyl (C=O) groups excluding carboxylic acids is 2. The number of hydrogen-bond acceptors (Lipinski definition) is 5. The zero-order valence-electron chi connectivity index (χ0n) is 9.42. The van der Waals surface area contributed by atoms with Gasteiger partial charge in [-0.05, 0) is 19.1 Å². The molecule has 0 fully saturated rings. The standard InChI is InChI=1S/C11H14N2O3S/c1-8(11(15)17)13-5-9(14)7-16-10-3-2-4-12-6-10/h2-4,6,8,13H,5,7H2,1H3,(H,15,17)/t8-/m0/s1. The predicted molar refractivity (Wildman–Crippen MR) is 66.2 cm³/mol. The molecule has 1 aromatic heterocycles. The molecule has 0 unspecified atom stereocenters. The first-order chi connectivity index (χ1) is 8.09. The summed E-state index contributed by atoms with van der Waals surface area (Å²) in [5.74, 6) is 0.398. The van der Waals surface area contributed by atoms with Gasteiger partial charge in [-0.25, -0.2) is 0 Å². The second-order valence-corrected chi connectivity index (χ2v) is 3.90. The van der Waals surface area contributed by atoms with E-state index >= 15 is 0 Å². The Bertz CT molecular complexity index is 384. The van der Waals surface area contributed by atoms with E-state index in [9.17, 15) is 9.59 Å². The van der Waals surface area contributed by atoms with E-state index in [1.165, 1.54) is 6.20 Å². The van der Waals surface area contributed by atoms with Gasteiger partial charge in [0.25, 0.3) is 0 Å². The first-order valence-electron chi connectivity index (χ1n) is 5.10. The van der Waals surface area contributed by atoms with Gasteiger partial charge in [-0.2, -0.15) is 0 Å². The van der Waals surface area contributed by atoms with E-state index in [-0.39, 0.29) is 24.1 Å². The summed E-state index contributed by atoms with van der Waals surface area (Å²) < 4.78 is 5.20. The Labute approximate surface area is 105 Å². The minimum Gasteiger partial charge on any atom is -0.484 e. The molecule has 17 heavy (non-hydrogen) atoms. The van der Waals surface area contributed by atoms with Gasteiger partial charge in [0, 0.05) is 6.20 Å². The molecular formula is C11H14N2O3S. The van der Waals surface area contributed by atoms with Gasteiger partial charge in [-0.15, -0.1) is 12.6 Å². The maximum Gasteiger partial charge on any atom is 0.202 e. The Morgan fingerprint density at radius 3 is 2.94 bits per heavy atom. The number of thiol groups is 1. The number of nitrogens with zero attached hydrogens (tertiary/aromatic N) is 1. The molecule has 1 rings (SSSR count).